The van der Waals surface area contributed by atoms with Gasteiger partial charge in [-0.15, -0.1) is 0 Å². The molecule has 0 aliphatic heterocycles. The van der Waals surface area contributed by atoms with Gasteiger partial charge in [-0.3, -0.25) is 14.4 Å². The molecule has 150 valence electrons. The van der Waals surface area contributed by atoms with E-state index in [1.54, 1.807) is 6.07 Å². The molecular formula is C20H31N3O4. The standard InChI is InChI=1S/C20H31N3O4/c1-4-20(2,3)14-7-9-15(10-8-14)23-18(25)13-21-17(24)12-22-19(26)16-6-5-11-27-16/h5-6,11,14-15H,4,7-10,12-13H2,1-3H3,(H,21,24)(H,22,26)(H,23,25). The van der Waals surface area contributed by atoms with E-state index in [-0.39, 0.29) is 30.8 Å². The van der Waals surface area contributed by atoms with E-state index in [0.29, 0.717) is 11.3 Å². The molecule has 0 unspecified atom stereocenters. The van der Waals surface area contributed by atoms with Crippen LogP contribution in [0.5, 0.6) is 0 Å². The molecule has 1 aliphatic rings. The maximum Gasteiger partial charge on any atom is 0.287 e. The van der Waals surface area contributed by atoms with E-state index in [1.165, 1.54) is 12.3 Å². The molecule has 0 atom stereocenters. The number of nitrogens with one attached hydrogen (secondary N) is 3. The van der Waals surface area contributed by atoms with E-state index in [0.717, 1.165) is 32.1 Å². The summed E-state index contributed by atoms with van der Waals surface area (Å²) in [6, 6.07) is 3.28. The summed E-state index contributed by atoms with van der Waals surface area (Å²) in [5, 5.41) is 7.95. The van der Waals surface area contributed by atoms with E-state index in [2.05, 4.69) is 36.7 Å². The normalized spacial score (nSPS) is 20.0. The van der Waals surface area contributed by atoms with Gasteiger partial charge < -0.3 is 20.4 Å². The zero-order valence-corrected chi connectivity index (χ0v) is 16.5. The molecule has 0 aromatic carbocycles. The number of furan rings is 1. The van der Waals surface area contributed by atoms with Crippen LogP contribution in [0.15, 0.2) is 22.8 Å². The summed E-state index contributed by atoms with van der Waals surface area (Å²) in [6.07, 6.45) is 6.75. The van der Waals surface area contributed by atoms with Crippen molar-refractivity contribution in [1.29, 1.82) is 0 Å². The second-order valence-electron chi connectivity index (χ2n) is 7.89. The van der Waals surface area contributed by atoms with Gasteiger partial charge in [-0.1, -0.05) is 27.2 Å². The van der Waals surface area contributed by atoms with E-state index in [4.69, 9.17) is 4.42 Å². The minimum Gasteiger partial charge on any atom is -0.459 e. The Morgan fingerprint density at radius 2 is 1.74 bits per heavy atom. The van der Waals surface area contributed by atoms with Gasteiger partial charge in [0.25, 0.3) is 5.91 Å². The van der Waals surface area contributed by atoms with Crippen LogP contribution in [0.25, 0.3) is 0 Å². The molecule has 3 amide bonds. The molecule has 1 saturated carbocycles. The Labute approximate surface area is 160 Å². The van der Waals surface area contributed by atoms with Crippen LogP contribution < -0.4 is 16.0 Å². The van der Waals surface area contributed by atoms with Crippen molar-refractivity contribution in [1.82, 2.24) is 16.0 Å². The van der Waals surface area contributed by atoms with Gasteiger partial charge in [0, 0.05) is 6.04 Å². The first-order chi connectivity index (χ1) is 12.8. The van der Waals surface area contributed by atoms with Crippen LogP contribution >= 0.6 is 0 Å². The Kier molecular flexibility index (Phi) is 7.45. The Morgan fingerprint density at radius 1 is 1.07 bits per heavy atom. The SMILES string of the molecule is CCC(C)(C)C1CCC(NC(=O)CNC(=O)CNC(=O)c2ccco2)CC1. The predicted octanol–water partition coefficient (Wildman–Crippen LogP) is 2.24. The lowest BCUT2D eigenvalue weighted by molar-refractivity contribution is -0.126. The van der Waals surface area contributed by atoms with Crippen LogP contribution in [-0.4, -0.2) is 36.9 Å². The molecule has 0 radical (unpaired) electrons. The largest absolute Gasteiger partial charge is 0.459 e. The van der Waals surface area contributed by atoms with E-state index < -0.39 is 11.8 Å². The van der Waals surface area contributed by atoms with Gasteiger partial charge in [0.2, 0.25) is 11.8 Å². The van der Waals surface area contributed by atoms with E-state index in [1.807, 2.05) is 0 Å². The summed E-state index contributed by atoms with van der Waals surface area (Å²) in [5.41, 5.74) is 0.350. The fourth-order valence-electron chi connectivity index (χ4n) is 3.48. The van der Waals surface area contributed by atoms with E-state index >= 15 is 0 Å². The quantitative estimate of drug-likeness (QED) is 0.647. The van der Waals surface area contributed by atoms with Crippen molar-refractivity contribution >= 4 is 17.7 Å². The molecule has 1 aromatic rings. The van der Waals surface area contributed by atoms with Crippen LogP contribution in [0.1, 0.15) is 63.4 Å². The van der Waals surface area contributed by atoms with Crippen LogP contribution in [0.2, 0.25) is 0 Å². The topological polar surface area (TPSA) is 100 Å². The second-order valence-corrected chi connectivity index (χ2v) is 7.89. The van der Waals surface area contributed by atoms with Gasteiger partial charge in [0.15, 0.2) is 5.76 Å². The molecule has 1 fully saturated rings. The first kappa shape index (κ1) is 21.0. The minimum absolute atomic E-state index is 0.0875. The fourth-order valence-corrected chi connectivity index (χ4v) is 3.48. The molecule has 1 heterocycles. The van der Waals surface area contributed by atoms with Gasteiger partial charge >= 0.3 is 0 Å². The molecule has 0 bridgehead atoms. The highest BCUT2D eigenvalue weighted by molar-refractivity contribution is 5.94. The number of carbonyl (C=O) groups is 3. The summed E-state index contributed by atoms with van der Waals surface area (Å²) in [6.45, 7) is 6.57. The van der Waals surface area contributed by atoms with Gasteiger partial charge in [0.05, 0.1) is 19.4 Å². The van der Waals surface area contributed by atoms with Crippen molar-refractivity contribution < 1.29 is 18.8 Å². The first-order valence-corrected chi connectivity index (χ1v) is 9.69. The lowest BCUT2D eigenvalue weighted by Crippen LogP contribution is -2.46. The lowest BCUT2D eigenvalue weighted by Gasteiger charge is -2.39. The van der Waals surface area contributed by atoms with Crippen LogP contribution in [0, 0.1) is 11.3 Å². The smallest absolute Gasteiger partial charge is 0.287 e. The Bertz CT molecular complexity index is 632. The van der Waals surface area contributed by atoms with Crippen molar-refractivity contribution in [3.8, 4) is 0 Å². The van der Waals surface area contributed by atoms with Gasteiger partial charge in [0.1, 0.15) is 0 Å². The molecule has 1 aromatic heterocycles. The van der Waals surface area contributed by atoms with Crippen LogP contribution in [-0.2, 0) is 9.59 Å². The zero-order valence-electron chi connectivity index (χ0n) is 16.5. The third kappa shape index (κ3) is 6.41. The minimum atomic E-state index is -0.466. The summed E-state index contributed by atoms with van der Waals surface area (Å²) in [4.78, 5) is 35.5. The fraction of sp³-hybridized carbons (Fsp3) is 0.650. The molecule has 3 N–H and O–H groups in total. The number of carbonyl (C=O) groups excluding carboxylic acids is 3. The third-order valence-corrected chi connectivity index (χ3v) is 5.71. The van der Waals surface area contributed by atoms with Gasteiger partial charge in [-0.05, 0) is 49.1 Å². The third-order valence-electron chi connectivity index (χ3n) is 5.71. The molecule has 2 rings (SSSR count). The lowest BCUT2D eigenvalue weighted by atomic mass is 9.69. The number of amides is 3. The predicted molar refractivity (Wildman–Crippen MR) is 102 cm³/mol. The van der Waals surface area contributed by atoms with Gasteiger partial charge in [-0.2, -0.15) is 0 Å². The molecule has 0 saturated heterocycles. The zero-order chi connectivity index (χ0) is 19.9. The second kappa shape index (κ2) is 9.58. The maximum absolute atomic E-state index is 12.0. The summed E-state index contributed by atoms with van der Waals surface area (Å²) in [7, 11) is 0. The van der Waals surface area contributed by atoms with Crippen molar-refractivity contribution in [2.45, 2.75) is 58.9 Å². The molecule has 1 aliphatic carbocycles. The molecule has 7 heteroatoms. The summed E-state index contributed by atoms with van der Waals surface area (Å²) >= 11 is 0. The first-order valence-electron chi connectivity index (χ1n) is 9.69. The highest BCUT2D eigenvalue weighted by Crippen LogP contribution is 2.40. The molecule has 0 spiro atoms. The Hall–Kier alpha value is -2.31. The summed E-state index contributed by atoms with van der Waals surface area (Å²) in [5.74, 6) is -0.237. The molecule has 7 nitrogen and oxygen atoms in total. The van der Waals surface area contributed by atoms with Crippen molar-refractivity contribution in [2.24, 2.45) is 11.3 Å². The average molecular weight is 377 g/mol. The molecule has 27 heavy (non-hydrogen) atoms. The highest BCUT2D eigenvalue weighted by Gasteiger charge is 2.32. The number of rotatable bonds is 8. The molecular weight excluding hydrogens is 346 g/mol. The Balaban J connectivity index is 1.62. The van der Waals surface area contributed by atoms with Gasteiger partial charge in [-0.25, -0.2) is 0 Å². The van der Waals surface area contributed by atoms with E-state index in [9.17, 15) is 14.4 Å². The number of hydrogen-bond acceptors (Lipinski definition) is 4. The van der Waals surface area contributed by atoms with Crippen LogP contribution in [0.3, 0.4) is 0 Å². The van der Waals surface area contributed by atoms with Crippen LogP contribution in [0.4, 0.5) is 0 Å². The summed E-state index contributed by atoms with van der Waals surface area (Å²) < 4.78 is 4.94. The van der Waals surface area contributed by atoms with Crippen molar-refractivity contribution in [2.75, 3.05) is 13.1 Å². The number of hydrogen-bond donors (Lipinski definition) is 3. The van der Waals surface area contributed by atoms with Crippen molar-refractivity contribution in [3.05, 3.63) is 24.2 Å². The highest BCUT2D eigenvalue weighted by atomic mass is 16.3. The Morgan fingerprint density at radius 3 is 2.33 bits per heavy atom. The van der Waals surface area contributed by atoms with Crippen molar-refractivity contribution in [3.63, 3.8) is 0 Å². The average Bonchev–Trinajstić information content (AvgIpc) is 3.19. The maximum atomic E-state index is 12.0. The monoisotopic (exact) mass is 377 g/mol.